The minimum Gasteiger partial charge on any atom is -0.339 e. The van der Waals surface area contributed by atoms with E-state index in [2.05, 4.69) is 22.5 Å². The molecular weight excluding hydrogens is 396 g/mol. The van der Waals surface area contributed by atoms with Crippen molar-refractivity contribution < 1.29 is 9.59 Å². The summed E-state index contributed by atoms with van der Waals surface area (Å²) in [6.07, 6.45) is 6.42. The van der Waals surface area contributed by atoms with Gasteiger partial charge in [0.25, 0.3) is 5.91 Å². The standard InChI is InChI=1S/C23H24N4O2S/c28-22(18-5-3-17(4-6-18)15-25-8-7-24-16-25)26-9-11-27(12-10-26)23(29)20-14-19(20)21-2-1-13-30-21/h1-8,13,16,19-20H,9-12,14-15H2/t19-,20+/m0/s1. The van der Waals surface area contributed by atoms with E-state index in [0.29, 0.717) is 37.7 Å². The zero-order chi connectivity index (χ0) is 20.5. The summed E-state index contributed by atoms with van der Waals surface area (Å²) in [6, 6.07) is 11.9. The molecule has 2 atom stereocenters. The average molecular weight is 421 g/mol. The number of hydrogen-bond donors (Lipinski definition) is 0. The Labute approximate surface area is 179 Å². The first-order valence-electron chi connectivity index (χ1n) is 10.3. The molecule has 0 N–H and O–H groups in total. The number of imidazole rings is 1. The van der Waals surface area contributed by atoms with Crippen LogP contribution in [0.25, 0.3) is 0 Å². The van der Waals surface area contributed by atoms with Crippen molar-refractivity contribution in [3.05, 3.63) is 76.5 Å². The van der Waals surface area contributed by atoms with Crippen LogP contribution in [0.1, 0.15) is 33.1 Å². The Morgan fingerprint density at radius 2 is 1.80 bits per heavy atom. The molecule has 30 heavy (non-hydrogen) atoms. The lowest BCUT2D eigenvalue weighted by Gasteiger charge is -2.35. The highest BCUT2D eigenvalue weighted by Gasteiger charge is 2.46. The van der Waals surface area contributed by atoms with Crippen LogP contribution >= 0.6 is 11.3 Å². The molecule has 0 spiro atoms. The zero-order valence-electron chi connectivity index (χ0n) is 16.7. The molecule has 7 heteroatoms. The van der Waals surface area contributed by atoms with Gasteiger partial charge in [0.1, 0.15) is 0 Å². The molecule has 3 aromatic rings. The van der Waals surface area contributed by atoms with Crippen LogP contribution in [0.15, 0.2) is 60.5 Å². The molecule has 0 unspecified atom stereocenters. The number of benzene rings is 1. The summed E-state index contributed by atoms with van der Waals surface area (Å²) in [6.45, 7) is 3.17. The highest BCUT2D eigenvalue weighted by atomic mass is 32.1. The van der Waals surface area contributed by atoms with Gasteiger partial charge in [-0.3, -0.25) is 9.59 Å². The van der Waals surface area contributed by atoms with Crippen LogP contribution in [0.3, 0.4) is 0 Å². The smallest absolute Gasteiger partial charge is 0.253 e. The van der Waals surface area contributed by atoms with Gasteiger partial charge in [-0.15, -0.1) is 11.3 Å². The van der Waals surface area contributed by atoms with Gasteiger partial charge in [-0.2, -0.15) is 0 Å². The summed E-state index contributed by atoms with van der Waals surface area (Å²) in [4.78, 5) is 34.8. The molecule has 154 valence electrons. The number of nitrogens with zero attached hydrogens (tertiary/aromatic N) is 4. The normalized spacial score (nSPS) is 20.9. The van der Waals surface area contributed by atoms with Crippen LogP contribution in [0.4, 0.5) is 0 Å². The average Bonchev–Trinajstić information content (AvgIpc) is 3.16. The molecule has 6 nitrogen and oxygen atoms in total. The summed E-state index contributed by atoms with van der Waals surface area (Å²) in [5.74, 6) is 0.829. The maximum atomic E-state index is 12.9. The van der Waals surface area contributed by atoms with E-state index >= 15 is 0 Å². The molecule has 2 aliphatic rings. The summed E-state index contributed by atoms with van der Waals surface area (Å²) in [5.41, 5.74) is 1.83. The Bertz CT molecular complexity index is 1010. The van der Waals surface area contributed by atoms with Gasteiger partial charge in [-0.05, 0) is 35.6 Å². The van der Waals surface area contributed by atoms with Crippen LogP contribution in [0.2, 0.25) is 0 Å². The third-order valence-corrected chi connectivity index (χ3v) is 7.02. The van der Waals surface area contributed by atoms with Gasteiger partial charge >= 0.3 is 0 Å². The van der Waals surface area contributed by atoms with Crippen molar-refractivity contribution in [3.8, 4) is 0 Å². The molecule has 1 aromatic carbocycles. The molecule has 1 saturated heterocycles. The summed E-state index contributed by atoms with van der Waals surface area (Å²) in [7, 11) is 0. The Balaban J connectivity index is 1.14. The number of thiophene rings is 1. The van der Waals surface area contributed by atoms with Crippen molar-refractivity contribution >= 4 is 23.2 Å². The Morgan fingerprint density at radius 1 is 1.03 bits per heavy atom. The number of aromatic nitrogens is 2. The van der Waals surface area contributed by atoms with Crippen molar-refractivity contribution in [1.82, 2.24) is 19.4 Å². The second-order valence-electron chi connectivity index (χ2n) is 8.01. The van der Waals surface area contributed by atoms with Gasteiger partial charge in [0.15, 0.2) is 0 Å². The van der Waals surface area contributed by atoms with E-state index in [1.807, 2.05) is 44.8 Å². The fraction of sp³-hybridized carbons (Fsp3) is 0.348. The van der Waals surface area contributed by atoms with Crippen LogP contribution in [-0.4, -0.2) is 57.3 Å². The van der Waals surface area contributed by atoms with Gasteiger partial charge < -0.3 is 14.4 Å². The number of amides is 2. The van der Waals surface area contributed by atoms with Crippen molar-refractivity contribution in [2.45, 2.75) is 18.9 Å². The SMILES string of the molecule is O=C(c1ccc(Cn2ccnc2)cc1)N1CCN(C(=O)[C@@H]2C[C@@H]2c2cccs2)CC1. The lowest BCUT2D eigenvalue weighted by molar-refractivity contribution is -0.134. The predicted molar refractivity (Wildman–Crippen MR) is 115 cm³/mol. The van der Waals surface area contributed by atoms with E-state index in [0.717, 1.165) is 18.5 Å². The summed E-state index contributed by atoms with van der Waals surface area (Å²) in [5, 5.41) is 2.07. The van der Waals surface area contributed by atoms with Gasteiger partial charge in [-0.1, -0.05) is 18.2 Å². The minimum atomic E-state index is 0.0409. The number of piperazine rings is 1. The molecule has 2 aromatic heterocycles. The van der Waals surface area contributed by atoms with E-state index in [9.17, 15) is 9.59 Å². The number of carbonyl (C=O) groups excluding carboxylic acids is 2. The van der Waals surface area contributed by atoms with Gasteiger partial charge in [0, 0.05) is 67.4 Å². The topological polar surface area (TPSA) is 58.4 Å². The first-order valence-corrected chi connectivity index (χ1v) is 11.2. The lowest BCUT2D eigenvalue weighted by atomic mass is 10.1. The summed E-state index contributed by atoms with van der Waals surface area (Å²) >= 11 is 1.74. The van der Waals surface area contributed by atoms with Crippen molar-refractivity contribution in [2.75, 3.05) is 26.2 Å². The van der Waals surface area contributed by atoms with Gasteiger partial charge in [-0.25, -0.2) is 4.98 Å². The number of carbonyl (C=O) groups is 2. The molecule has 2 fully saturated rings. The molecule has 0 bridgehead atoms. The van der Waals surface area contributed by atoms with E-state index in [1.165, 1.54) is 4.88 Å². The quantitative estimate of drug-likeness (QED) is 0.637. The van der Waals surface area contributed by atoms with Crippen molar-refractivity contribution in [1.29, 1.82) is 0 Å². The van der Waals surface area contributed by atoms with Gasteiger partial charge in [0.2, 0.25) is 5.91 Å². The summed E-state index contributed by atoms with van der Waals surface area (Å²) < 4.78 is 2.00. The largest absolute Gasteiger partial charge is 0.339 e. The molecule has 5 rings (SSSR count). The van der Waals surface area contributed by atoms with Crippen LogP contribution in [0, 0.1) is 5.92 Å². The fourth-order valence-corrected chi connectivity index (χ4v) is 5.08. The Hall–Kier alpha value is -2.93. The molecule has 3 heterocycles. The fourth-order valence-electron chi connectivity index (χ4n) is 4.18. The zero-order valence-corrected chi connectivity index (χ0v) is 17.5. The van der Waals surface area contributed by atoms with Crippen molar-refractivity contribution in [3.63, 3.8) is 0 Å². The predicted octanol–water partition coefficient (Wildman–Crippen LogP) is 3.08. The van der Waals surface area contributed by atoms with E-state index in [-0.39, 0.29) is 17.7 Å². The van der Waals surface area contributed by atoms with E-state index < -0.39 is 0 Å². The molecule has 1 saturated carbocycles. The monoisotopic (exact) mass is 420 g/mol. The second kappa shape index (κ2) is 8.07. The van der Waals surface area contributed by atoms with Crippen LogP contribution in [-0.2, 0) is 11.3 Å². The van der Waals surface area contributed by atoms with Gasteiger partial charge in [0.05, 0.1) is 6.33 Å². The first kappa shape index (κ1) is 19.1. The highest BCUT2D eigenvalue weighted by Crippen LogP contribution is 2.50. The minimum absolute atomic E-state index is 0.0409. The molecule has 1 aliphatic heterocycles. The maximum Gasteiger partial charge on any atom is 0.253 e. The maximum absolute atomic E-state index is 12.9. The molecule has 1 aliphatic carbocycles. The molecule has 0 radical (unpaired) electrons. The molecule has 2 amide bonds. The highest BCUT2D eigenvalue weighted by molar-refractivity contribution is 7.10. The second-order valence-corrected chi connectivity index (χ2v) is 8.99. The number of rotatable bonds is 5. The molecular formula is C23H24N4O2S. The number of hydrogen-bond acceptors (Lipinski definition) is 4. The van der Waals surface area contributed by atoms with Crippen LogP contribution < -0.4 is 0 Å². The van der Waals surface area contributed by atoms with Crippen LogP contribution in [0.5, 0.6) is 0 Å². The Kier molecular flexibility index (Phi) is 5.12. The van der Waals surface area contributed by atoms with Crippen molar-refractivity contribution in [2.24, 2.45) is 5.92 Å². The third kappa shape index (κ3) is 3.89. The lowest BCUT2D eigenvalue weighted by Crippen LogP contribution is -2.51. The van der Waals surface area contributed by atoms with E-state index in [1.54, 1.807) is 23.9 Å². The van der Waals surface area contributed by atoms with E-state index in [4.69, 9.17) is 0 Å². The third-order valence-electron chi connectivity index (χ3n) is 6.02. The Morgan fingerprint density at radius 3 is 2.47 bits per heavy atom. The first-order chi connectivity index (χ1) is 14.7.